The van der Waals surface area contributed by atoms with Crippen LogP contribution in [0.1, 0.15) is 53.8 Å². The van der Waals surface area contributed by atoms with E-state index >= 15 is 0 Å². The number of nitrogens with two attached hydrogens (primary N) is 1. The van der Waals surface area contributed by atoms with Gasteiger partial charge in [0.25, 0.3) is 0 Å². The minimum absolute atomic E-state index is 0.105. The molecular weight excluding hydrogens is 432 g/mol. The number of primary amides is 1. The maximum Gasteiger partial charge on any atom is 0.248 e. The third-order valence-corrected chi connectivity index (χ3v) is 6.52. The van der Waals surface area contributed by atoms with Crippen LogP contribution in [-0.2, 0) is 32.0 Å². The van der Waals surface area contributed by atoms with Crippen LogP contribution in [-0.4, -0.2) is 48.9 Å². The number of ether oxygens (including phenoxy) is 1. The van der Waals surface area contributed by atoms with Crippen molar-refractivity contribution >= 4 is 17.7 Å². The summed E-state index contributed by atoms with van der Waals surface area (Å²) < 4.78 is 5.81. The van der Waals surface area contributed by atoms with Crippen LogP contribution in [0.3, 0.4) is 0 Å². The highest BCUT2D eigenvalue weighted by atomic mass is 16.5. The molecule has 5 rings (SSSR count). The maximum atomic E-state index is 13.0. The van der Waals surface area contributed by atoms with Gasteiger partial charge in [0, 0.05) is 12.0 Å². The first kappa shape index (κ1) is 23.9. The van der Waals surface area contributed by atoms with Gasteiger partial charge < -0.3 is 21.1 Å². The smallest absolute Gasteiger partial charge is 0.248 e. The number of carbonyl (C=O) groups excluding carboxylic acids is 3. The number of rotatable bonds is 4. The zero-order valence-corrected chi connectivity index (χ0v) is 19.5. The van der Waals surface area contributed by atoms with E-state index in [0.717, 1.165) is 5.56 Å². The average molecular weight is 465 g/mol. The minimum atomic E-state index is -0.888. The lowest BCUT2D eigenvalue weighted by atomic mass is 9.92. The van der Waals surface area contributed by atoms with Crippen molar-refractivity contribution in [2.45, 2.75) is 50.4 Å². The van der Waals surface area contributed by atoms with Crippen LogP contribution in [0.25, 0.3) is 0 Å². The molecule has 0 radical (unpaired) electrons. The third-order valence-electron chi connectivity index (χ3n) is 6.52. The number of nitrogens with one attached hydrogen (secondary N) is 2. The Labute approximate surface area is 199 Å². The number of benzene rings is 2. The lowest BCUT2D eigenvalue weighted by Crippen LogP contribution is -2.50. The Kier molecular flexibility index (Phi) is 7.59. The Morgan fingerprint density at radius 2 is 1.65 bits per heavy atom. The number of likely N-dealkylation sites (N-methyl/N-ethyl adjacent to an activating group) is 1. The monoisotopic (exact) mass is 464 g/mol. The standard InChI is InChI=1S/C16H20N4O4.C10H12/c1-18-8-12(21)19-11-6-7-24-16-10-5-3-2-4-9(10)13(14(17)22)20(16)15(11)23;1-2-6-10-8-4-3-7-9(10)5-1/h2-5,11,13,16,18H,6-8H2,1H3,(H2,17,22)(H,19,21);1-2,5-6H,3-4,7-8H2. The van der Waals surface area contributed by atoms with Crippen LogP contribution in [0, 0.1) is 0 Å². The van der Waals surface area contributed by atoms with E-state index in [-0.39, 0.29) is 25.0 Å². The molecule has 8 nitrogen and oxygen atoms in total. The SMILES string of the molecule is CNCC(=O)NC1CCOC2c3ccccc3C(C(N)=O)N2C1=O.c1ccc2c(c1)CCCC2. The first-order valence-electron chi connectivity index (χ1n) is 11.8. The number of hydrogen-bond acceptors (Lipinski definition) is 5. The molecule has 2 aliphatic heterocycles. The van der Waals surface area contributed by atoms with E-state index in [0.29, 0.717) is 12.0 Å². The summed E-state index contributed by atoms with van der Waals surface area (Å²) in [4.78, 5) is 38.1. The zero-order chi connectivity index (χ0) is 24.1. The van der Waals surface area contributed by atoms with Gasteiger partial charge in [0.1, 0.15) is 12.1 Å². The molecule has 4 N–H and O–H groups in total. The predicted octanol–water partition coefficient (Wildman–Crippen LogP) is 1.74. The molecule has 3 atom stereocenters. The number of hydrogen-bond donors (Lipinski definition) is 3. The van der Waals surface area contributed by atoms with Crippen LogP contribution in [0.4, 0.5) is 0 Å². The summed E-state index contributed by atoms with van der Waals surface area (Å²) in [6.07, 6.45) is 5.06. The van der Waals surface area contributed by atoms with Crippen molar-refractivity contribution in [1.29, 1.82) is 0 Å². The van der Waals surface area contributed by atoms with E-state index in [1.807, 2.05) is 12.1 Å². The maximum absolute atomic E-state index is 13.0. The average Bonchev–Trinajstić information content (AvgIpc) is 3.10. The molecule has 0 bridgehead atoms. The molecule has 3 unspecified atom stereocenters. The van der Waals surface area contributed by atoms with Crippen molar-refractivity contribution < 1.29 is 19.1 Å². The van der Waals surface area contributed by atoms with Gasteiger partial charge in [0.05, 0.1) is 13.2 Å². The first-order chi connectivity index (χ1) is 16.5. The fourth-order valence-corrected chi connectivity index (χ4v) is 4.94. The molecule has 2 aromatic rings. The molecule has 1 aliphatic carbocycles. The molecule has 2 aromatic carbocycles. The van der Waals surface area contributed by atoms with Crippen molar-refractivity contribution in [2.24, 2.45) is 5.73 Å². The molecule has 1 saturated heterocycles. The van der Waals surface area contributed by atoms with E-state index < -0.39 is 24.2 Å². The lowest BCUT2D eigenvalue weighted by Gasteiger charge is -2.29. The fraction of sp³-hybridized carbons (Fsp3) is 0.423. The van der Waals surface area contributed by atoms with Gasteiger partial charge in [-0.25, -0.2) is 0 Å². The Hall–Kier alpha value is -3.23. The Balaban J connectivity index is 0.000000226. The topological polar surface area (TPSA) is 114 Å². The molecule has 0 spiro atoms. The van der Waals surface area contributed by atoms with Gasteiger partial charge in [-0.1, -0.05) is 48.5 Å². The predicted molar refractivity (Wildman–Crippen MR) is 127 cm³/mol. The summed E-state index contributed by atoms with van der Waals surface area (Å²) in [7, 11) is 1.65. The van der Waals surface area contributed by atoms with Gasteiger partial charge in [-0.2, -0.15) is 0 Å². The molecule has 0 saturated carbocycles. The fourth-order valence-electron chi connectivity index (χ4n) is 4.94. The molecular formula is C26H32N4O4. The summed E-state index contributed by atoms with van der Waals surface area (Å²) in [5, 5.41) is 5.42. The number of fused-ring (bicyclic) bond motifs is 4. The number of carbonyl (C=O) groups is 3. The van der Waals surface area contributed by atoms with Crippen molar-refractivity contribution in [3.8, 4) is 0 Å². The van der Waals surface area contributed by atoms with Crippen molar-refractivity contribution in [1.82, 2.24) is 15.5 Å². The second-order valence-electron chi connectivity index (χ2n) is 8.82. The van der Waals surface area contributed by atoms with E-state index in [4.69, 9.17) is 10.5 Å². The van der Waals surface area contributed by atoms with Crippen LogP contribution >= 0.6 is 0 Å². The van der Waals surface area contributed by atoms with E-state index in [2.05, 4.69) is 34.9 Å². The molecule has 3 amide bonds. The molecule has 8 heteroatoms. The van der Waals surface area contributed by atoms with E-state index in [9.17, 15) is 14.4 Å². The molecule has 0 aromatic heterocycles. The van der Waals surface area contributed by atoms with Gasteiger partial charge >= 0.3 is 0 Å². The highest BCUT2D eigenvalue weighted by Crippen LogP contribution is 2.44. The molecule has 3 aliphatic rings. The third kappa shape index (κ3) is 4.98. The first-order valence-corrected chi connectivity index (χ1v) is 11.8. The van der Waals surface area contributed by atoms with Crippen molar-refractivity contribution in [3.63, 3.8) is 0 Å². The van der Waals surface area contributed by atoms with Crippen LogP contribution < -0.4 is 16.4 Å². The summed E-state index contributed by atoms with van der Waals surface area (Å²) in [6.45, 7) is 0.394. The highest BCUT2D eigenvalue weighted by molar-refractivity contribution is 5.94. The normalized spacial score (nSPS) is 22.9. The number of aryl methyl sites for hydroxylation is 2. The Morgan fingerprint density at radius 3 is 2.26 bits per heavy atom. The molecule has 34 heavy (non-hydrogen) atoms. The molecule has 180 valence electrons. The second kappa shape index (κ2) is 10.8. The number of amides is 3. The van der Waals surface area contributed by atoms with Gasteiger partial charge in [0.15, 0.2) is 6.23 Å². The molecule has 1 fully saturated rings. The van der Waals surface area contributed by atoms with Crippen LogP contribution in [0.5, 0.6) is 0 Å². The van der Waals surface area contributed by atoms with Gasteiger partial charge in [-0.15, -0.1) is 0 Å². The highest BCUT2D eigenvalue weighted by Gasteiger charge is 2.48. The lowest BCUT2D eigenvalue weighted by molar-refractivity contribution is -0.151. The molecule has 2 heterocycles. The Morgan fingerprint density at radius 1 is 1.03 bits per heavy atom. The quantitative estimate of drug-likeness (QED) is 0.638. The van der Waals surface area contributed by atoms with Gasteiger partial charge in [-0.05, 0) is 49.4 Å². The Bertz CT molecular complexity index is 1030. The second-order valence-corrected chi connectivity index (χ2v) is 8.82. The van der Waals surface area contributed by atoms with Crippen LogP contribution in [0.15, 0.2) is 48.5 Å². The zero-order valence-electron chi connectivity index (χ0n) is 19.5. The summed E-state index contributed by atoms with van der Waals surface area (Å²) in [6, 6.07) is 14.4. The number of nitrogens with zero attached hydrogens (tertiary/aromatic N) is 1. The largest absolute Gasteiger partial charge is 0.368 e. The van der Waals surface area contributed by atoms with Crippen molar-refractivity contribution in [2.75, 3.05) is 20.2 Å². The van der Waals surface area contributed by atoms with E-state index in [1.165, 1.54) is 30.6 Å². The summed E-state index contributed by atoms with van der Waals surface area (Å²) in [5.41, 5.74) is 10.1. The van der Waals surface area contributed by atoms with Gasteiger partial charge in [-0.3, -0.25) is 19.3 Å². The van der Waals surface area contributed by atoms with Crippen molar-refractivity contribution in [3.05, 3.63) is 70.8 Å². The van der Waals surface area contributed by atoms with Gasteiger partial charge in [0.2, 0.25) is 17.7 Å². The summed E-state index contributed by atoms with van der Waals surface area (Å²) >= 11 is 0. The van der Waals surface area contributed by atoms with Crippen LogP contribution in [0.2, 0.25) is 0 Å². The minimum Gasteiger partial charge on any atom is -0.368 e. The van der Waals surface area contributed by atoms with E-state index in [1.54, 1.807) is 30.3 Å². The summed E-state index contributed by atoms with van der Waals surface area (Å²) in [5.74, 6) is -1.27.